The lowest BCUT2D eigenvalue weighted by molar-refractivity contribution is -0.385. The normalized spacial score (nSPS) is 10.2. The molecule has 0 aliphatic carbocycles. The van der Waals surface area contributed by atoms with Crippen LogP contribution in [0.25, 0.3) is 0 Å². The molecule has 0 saturated heterocycles. The zero-order chi connectivity index (χ0) is 14.0. The first-order valence-corrected chi connectivity index (χ1v) is 6.18. The molecular formula is C13H10BrNO4. The van der Waals surface area contributed by atoms with Crippen LogP contribution in [0.15, 0.2) is 40.9 Å². The molecule has 98 valence electrons. The van der Waals surface area contributed by atoms with Crippen LogP contribution in [0.2, 0.25) is 0 Å². The summed E-state index contributed by atoms with van der Waals surface area (Å²) in [6.07, 6.45) is 0. The fourth-order valence-corrected chi connectivity index (χ4v) is 1.90. The summed E-state index contributed by atoms with van der Waals surface area (Å²) in [6.45, 7) is 1.68. The van der Waals surface area contributed by atoms with Crippen LogP contribution in [0.3, 0.4) is 0 Å². The summed E-state index contributed by atoms with van der Waals surface area (Å²) in [5.41, 5.74) is 0.386. The third kappa shape index (κ3) is 2.85. The monoisotopic (exact) mass is 323 g/mol. The van der Waals surface area contributed by atoms with Crippen molar-refractivity contribution in [1.82, 2.24) is 0 Å². The number of hydrogen-bond donors (Lipinski definition) is 1. The first-order valence-electron chi connectivity index (χ1n) is 5.39. The van der Waals surface area contributed by atoms with E-state index in [0.717, 1.165) is 0 Å². The minimum absolute atomic E-state index is 0.0808. The van der Waals surface area contributed by atoms with Crippen LogP contribution in [-0.2, 0) is 0 Å². The maximum absolute atomic E-state index is 11.0. The Labute approximate surface area is 117 Å². The van der Waals surface area contributed by atoms with Gasteiger partial charge in [0.05, 0.1) is 4.92 Å². The quantitative estimate of drug-likeness (QED) is 0.679. The molecule has 0 radical (unpaired) electrons. The number of halogens is 1. The third-order valence-electron chi connectivity index (χ3n) is 2.59. The molecule has 2 rings (SSSR count). The third-order valence-corrected chi connectivity index (χ3v) is 3.09. The van der Waals surface area contributed by atoms with Gasteiger partial charge in [-0.25, -0.2) is 0 Å². The van der Waals surface area contributed by atoms with Gasteiger partial charge >= 0.3 is 5.69 Å². The number of aromatic hydroxyl groups is 1. The van der Waals surface area contributed by atoms with E-state index in [2.05, 4.69) is 15.9 Å². The molecular weight excluding hydrogens is 314 g/mol. The molecule has 0 atom stereocenters. The number of nitro benzene ring substituents is 1. The zero-order valence-electron chi connectivity index (χ0n) is 9.96. The van der Waals surface area contributed by atoms with Crippen molar-refractivity contribution < 1.29 is 14.8 Å². The minimum atomic E-state index is -0.516. The molecule has 0 saturated carbocycles. The second-order valence-corrected chi connectivity index (χ2v) is 4.79. The number of rotatable bonds is 3. The van der Waals surface area contributed by atoms with Crippen LogP contribution in [0.5, 0.6) is 17.2 Å². The first-order chi connectivity index (χ1) is 8.99. The van der Waals surface area contributed by atoms with E-state index in [4.69, 9.17) is 4.74 Å². The maximum atomic E-state index is 11.0. The highest BCUT2D eigenvalue weighted by atomic mass is 79.9. The highest BCUT2D eigenvalue weighted by Crippen LogP contribution is 2.36. The molecule has 0 bridgehead atoms. The molecule has 0 fully saturated rings. The van der Waals surface area contributed by atoms with E-state index in [1.54, 1.807) is 25.1 Å². The van der Waals surface area contributed by atoms with Crippen molar-refractivity contribution in [2.75, 3.05) is 0 Å². The van der Waals surface area contributed by atoms with E-state index in [0.29, 0.717) is 15.8 Å². The van der Waals surface area contributed by atoms with Crippen molar-refractivity contribution in [1.29, 1.82) is 0 Å². The van der Waals surface area contributed by atoms with Crippen molar-refractivity contribution in [3.63, 3.8) is 0 Å². The summed E-state index contributed by atoms with van der Waals surface area (Å²) < 4.78 is 6.11. The van der Waals surface area contributed by atoms with Gasteiger partial charge in [-0.15, -0.1) is 0 Å². The molecule has 0 amide bonds. The van der Waals surface area contributed by atoms with Gasteiger partial charge in [0.2, 0.25) is 5.75 Å². The van der Waals surface area contributed by atoms with Gasteiger partial charge in [0.25, 0.3) is 0 Å². The molecule has 5 nitrogen and oxygen atoms in total. The summed E-state index contributed by atoms with van der Waals surface area (Å²) in [7, 11) is 0. The number of phenolic OH excluding ortho intramolecular Hbond substituents is 1. The number of benzene rings is 2. The average molecular weight is 324 g/mol. The molecule has 1 N–H and O–H groups in total. The van der Waals surface area contributed by atoms with Gasteiger partial charge in [0.1, 0.15) is 11.5 Å². The number of nitro groups is 1. The lowest BCUT2D eigenvalue weighted by atomic mass is 10.2. The maximum Gasteiger partial charge on any atom is 0.312 e. The molecule has 19 heavy (non-hydrogen) atoms. The summed E-state index contributed by atoms with van der Waals surface area (Å²) in [5.74, 6) is 0.588. The van der Waals surface area contributed by atoms with Gasteiger partial charge in [-0.1, -0.05) is 22.0 Å². The Morgan fingerprint density at radius 2 is 2.00 bits per heavy atom. The van der Waals surface area contributed by atoms with Crippen molar-refractivity contribution >= 4 is 21.6 Å². The average Bonchev–Trinajstić information content (AvgIpc) is 2.36. The van der Waals surface area contributed by atoms with E-state index in [-0.39, 0.29) is 17.2 Å². The van der Waals surface area contributed by atoms with Gasteiger partial charge < -0.3 is 9.84 Å². The van der Waals surface area contributed by atoms with Crippen molar-refractivity contribution in [2.24, 2.45) is 0 Å². The van der Waals surface area contributed by atoms with Crippen molar-refractivity contribution in [3.8, 4) is 17.2 Å². The fourth-order valence-electron chi connectivity index (χ4n) is 1.55. The van der Waals surface area contributed by atoms with E-state index in [1.807, 2.05) is 0 Å². The molecule has 0 aliphatic heterocycles. The van der Waals surface area contributed by atoms with Gasteiger partial charge in [0, 0.05) is 16.1 Å². The molecule has 0 heterocycles. The Kier molecular flexibility index (Phi) is 3.71. The van der Waals surface area contributed by atoms with Gasteiger partial charge in [-0.3, -0.25) is 10.1 Å². The van der Waals surface area contributed by atoms with Crippen LogP contribution in [-0.4, -0.2) is 10.0 Å². The highest BCUT2D eigenvalue weighted by Gasteiger charge is 2.17. The molecule has 6 heteroatoms. The Morgan fingerprint density at radius 3 is 2.68 bits per heavy atom. The summed E-state index contributed by atoms with van der Waals surface area (Å²) in [4.78, 5) is 10.5. The van der Waals surface area contributed by atoms with Crippen LogP contribution in [0, 0.1) is 17.0 Å². The Morgan fingerprint density at radius 1 is 1.26 bits per heavy atom. The Balaban J connectivity index is 2.44. The van der Waals surface area contributed by atoms with Crippen LogP contribution < -0.4 is 4.74 Å². The molecule has 2 aromatic carbocycles. The number of hydrogen-bond acceptors (Lipinski definition) is 4. The lowest BCUT2D eigenvalue weighted by Gasteiger charge is -2.10. The standard InChI is InChI=1S/C13H10BrNO4/c1-8-11(16)3-2-4-12(8)19-13-6-5-9(14)7-10(13)15(17)18/h2-7,16H,1H3. The number of nitrogens with zero attached hydrogens (tertiary/aromatic N) is 1. The Bertz CT molecular complexity index is 643. The zero-order valence-corrected chi connectivity index (χ0v) is 11.5. The second kappa shape index (κ2) is 5.27. The predicted octanol–water partition coefficient (Wildman–Crippen LogP) is 4.16. The molecule has 0 aromatic heterocycles. The Hall–Kier alpha value is -2.08. The van der Waals surface area contributed by atoms with Crippen LogP contribution in [0.1, 0.15) is 5.56 Å². The molecule has 0 unspecified atom stereocenters. The predicted molar refractivity (Wildman–Crippen MR) is 73.7 cm³/mol. The first kappa shape index (κ1) is 13.4. The van der Waals surface area contributed by atoms with Gasteiger partial charge in [-0.2, -0.15) is 0 Å². The summed E-state index contributed by atoms with van der Waals surface area (Å²) >= 11 is 3.18. The lowest BCUT2D eigenvalue weighted by Crippen LogP contribution is -1.94. The van der Waals surface area contributed by atoms with E-state index < -0.39 is 4.92 Å². The molecule has 2 aromatic rings. The van der Waals surface area contributed by atoms with Crippen LogP contribution in [0.4, 0.5) is 5.69 Å². The van der Waals surface area contributed by atoms with E-state index in [9.17, 15) is 15.2 Å². The van der Waals surface area contributed by atoms with Crippen molar-refractivity contribution in [3.05, 3.63) is 56.5 Å². The SMILES string of the molecule is Cc1c(O)cccc1Oc1ccc(Br)cc1[N+](=O)[O-]. The summed E-state index contributed by atoms with van der Waals surface area (Å²) in [5, 5.41) is 20.6. The van der Waals surface area contributed by atoms with Crippen molar-refractivity contribution in [2.45, 2.75) is 6.92 Å². The van der Waals surface area contributed by atoms with E-state index in [1.165, 1.54) is 18.2 Å². The highest BCUT2D eigenvalue weighted by molar-refractivity contribution is 9.10. The number of phenols is 1. The van der Waals surface area contributed by atoms with E-state index >= 15 is 0 Å². The fraction of sp³-hybridized carbons (Fsp3) is 0.0769. The topological polar surface area (TPSA) is 72.6 Å². The van der Waals surface area contributed by atoms with Gasteiger partial charge in [-0.05, 0) is 31.2 Å². The largest absolute Gasteiger partial charge is 0.508 e. The van der Waals surface area contributed by atoms with Gasteiger partial charge in [0.15, 0.2) is 0 Å². The minimum Gasteiger partial charge on any atom is -0.508 e. The smallest absolute Gasteiger partial charge is 0.312 e. The van der Waals surface area contributed by atoms with Crippen LogP contribution >= 0.6 is 15.9 Å². The molecule has 0 spiro atoms. The molecule has 0 aliphatic rings. The second-order valence-electron chi connectivity index (χ2n) is 3.87. The number of ether oxygens (including phenoxy) is 1. The summed E-state index contributed by atoms with van der Waals surface area (Å²) in [6, 6.07) is 9.31.